The van der Waals surface area contributed by atoms with Crippen LogP contribution in [0.5, 0.6) is 0 Å². The lowest BCUT2D eigenvalue weighted by Gasteiger charge is -2.50. The Labute approximate surface area is 234 Å². The lowest BCUT2D eigenvalue weighted by molar-refractivity contribution is -0.185. The van der Waals surface area contributed by atoms with Gasteiger partial charge in [-0.05, 0) is 42.3 Å². The van der Waals surface area contributed by atoms with E-state index in [4.69, 9.17) is 9.57 Å². The number of nitrogens with zero attached hydrogens (tertiary/aromatic N) is 3. The van der Waals surface area contributed by atoms with E-state index in [1.165, 1.54) is 5.01 Å². The molecule has 40 heavy (non-hydrogen) atoms. The molecule has 6 rings (SSSR count). The van der Waals surface area contributed by atoms with Crippen LogP contribution in [0.2, 0.25) is 25.7 Å². The number of amides is 4. The average Bonchev–Trinajstić information content (AvgIpc) is 3.12. The summed E-state index contributed by atoms with van der Waals surface area (Å²) in [4.78, 5) is 59.8. The predicted molar refractivity (Wildman–Crippen MR) is 149 cm³/mol. The summed E-state index contributed by atoms with van der Waals surface area (Å²) in [6.45, 7) is 8.54. The lowest BCUT2D eigenvalue weighted by Crippen LogP contribution is -2.78. The molecule has 0 unspecified atom stereocenters. The number of hydrogen-bond donors (Lipinski definition) is 1. The highest BCUT2D eigenvalue weighted by atomic mass is 28.3. The third-order valence-electron chi connectivity index (χ3n) is 7.25. The molecule has 2 saturated heterocycles. The summed E-state index contributed by atoms with van der Waals surface area (Å²) in [7, 11) is -1.50. The van der Waals surface area contributed by atoms with Crippen molar-refractivity contribution in [2.24, 2.45) is 0 Å². The molecule has 2 bridgehead atoms. The lowest BCUT2D eigenvalue weighted by atomic mass is 9.88. The number of carbonyl (C=O) groups excluding carboxylic acids is 4. The van der Waals surface area contributed by atoms with E-state index in [1.807, 2.05) is 37.3 Å². The average molecular weight is 563 g/mol. The van der Waals surface area contributed by atoms with Gasteiger partial charge in [0, 0.05) is 13.6 Å². The minimum atomic E-state index is -1.50. The van der Waals surface area contributed by atoms with Crippen LogP contribution in [-0.2, 0) is 25.6 Å². The Morgan fingerprint density at radius 3 is 2.30 bits per heavy atom. The summed E-state index contributed by atoms with van der Waals surface area (Å²) < 4.78 is 5.65. The number of hydrazine groups is 1. The fraction of sp³-hybridized carbons (Fsp3) is 0.379. The Morgan fingerprint density at radius 1 is 1.00 bits per heavy atom. The first-order valence-corrected chi connectivity index (χ1v) is 17.1. The first-order valence-electron chi connectivity index (χ1n) is 13.4. The number of ether oxygens (including phenoxy) is 1. The highest BCUT2D eigenvalue weighted by Gasteiger charge is 2.63. The highest BCUT2D eigenvalue weighted by Crippen LogP contribution is 2.40. The molecule has 0 spiro atoms. The van der Waals surface area contributed by atoms with E-state index in [-0.39, 0.29) is 18.9 Å². The Morgan fingerprint density at radius 2 is 1.65 bits per heavy atom. The van der Waals surface area contributed by atoms with Gasteiger partial charge in [-0.3, -0.25) is 19.2 Å². The number of benzene rings is 2. The second-order valence-corrected chi connectivity index (χ2v) is 17.1. The van der Waals surface area contributed by atoms with E-state index < -0.39 is 50.3 Å². The van der Waals surface area contributed by atoms with Gasteiger partial charge in [0.25, 0.3) is 11.8 Å². The van der Waals surface area contributed by atoms with Gasteiger partial charge in [0.05, 0.1) is 13.0 Å². The van der Waals surface area contributed by atoms with Crippen molar-refractivity contribution < 1.29 is 28.8 Å². The van der Waals surface area contributed by atoms with E-state index in [0.29, 0.717) is 5.56 Å². The minimum absolute atomic E-state index is 0.0986. The monoisotopic (exact) mass is 562 g/mol. The van der Waals surface area contributed by atoms with Gasteiger partial charge in [-0.15, -0.1) is 0 Å². The van der Waals surface area contributed by atoms with Crippen LogP contribution in [0.4, 0.5) is 4.79 Å². The van der Waals surface area contributed by atoms with Gasteiger partial charge in [0.2, 0.25) is 5.91 Å². The van der Waals surface area contributed by atoms with Crippen molar-refractivity contribution in [3.8, 4) is 0 Å². The van der Waals surface area contributed by atoms with Crippen LogP contribution >= 0.6 is 0 Å². The molecule has 2 aromatic carbocycles. The molecule has 0 radical (unpaired) electrons. The first-order chi connectivity index (χ1) is 19.0. The molecule has 4 amide bonds. The van der Waals surface area contributed by atoms with Gasteiger partial charge in [0.15, 0.2) is 6.17 Å². The molecule has 0 saturated carbocycles. The maximum absolute atomic E-state index is 13.6. The molecule has 4 heterocycles. The van der Waals surface area contributed by atoms with Crippen molar-refractivity contribution in [1.29, 1.82) is 0 Å². The van der Waals surface area contributed by atoms with Crippen molar-refractivity contribution in [3.63, 3.8) is 0 Å². The van der Waals surface area contributed by atoms with Crippen molar-refractivity contribution >= 4 is 31.9 Å². The fourth-order valence-corrected chi connectivity index (χ4v) is 5.79. The summed E-state index contributed by atoms with van der Waals surface area (Å²) in [6, 6.07) is 16.9. The summed E-state index contributed by atoms with van der Waals surface area (Å²) >= 11 is 0. The quantitative estimate of drug-likeness (QED) is 0.315. The number of β-lactam (4-membered cyclic amide) rings is 1. The standard InChI is InChI=1S/C29H34N4O6Si/c1-19-17-23-31(29(37)38-15-16-40(2,3)4)32-25(26(19)39-33(23)27(35)21-13-9-6-10-14-21)24(28(32)36)30-22(34)18-20-11-7-5-8-12-20/h5-14,17,23-26H,15-16,18H2,1-4H3,(H,30,34)/t23-,24+,25+,26-/m1/s1. The highest BCUT2D eigenvalue weighted by molar-refractivity contribution is 6.76. The van der Waals surface area contributed by atoms with Crippen molar-refractivity contribution in [2.75, 3.05) is 6.61 Å². The predicted octanol–water partition coefficient (Wildman–Crippen LogP) is 3.36. The Kier molecular flexibility index (Phi) is 7.52. The molecular weight excluding hydrogens is 528 g/mol. The topological polar surface area (TPSA) is 108 Å². The normalized spacial score (nSPS) is 23.6. The molecule has 2 aromatic rings. The molecular formula is C29H34N4O6Si. The second kappa shape index (κ2) is 10.9. The Hall–Kier alpha value is -3.96. The number of carbonyl (C=O) groups is 4. The van der Waals surface area contributed by atoms with Crippen LogP contribution in [0.3, 0.4) is 0 Å². The number of fused-ring (bicyclic) bond motifs is 1. The van der Waals surface area contributed by atoms with Crippen LogP contribution in [0.1, 0.15) is 22.8 Å². The zero-order valence-corrected chi connectivity index (χ0v) is 24.1. The summed E-state index contributed by atoms with van der Waals surface area (Å²) in [6.07, 6.45) is -0.719. The van der Waals surface area contributed by atoms with Gasteiger partial charge < -0.3 is 10.1 Å². The molecule has 10 nitrogen and oxygen atoms in total. The van der Waals surface area contributed by atoms with E-state index in [1.54, 1.807) is 36.4 Å². The Bertz CT molecular complexity index is 1330. The maximum Gasteiger partial charge on any atom is 0.431 e. The van der Waals surface area contributed by atoms with Crippen LogP contribution in [0.15, 0.2) is 72.3 Å². The summed E-state index contributed by atoms with van der Waals surface area (Å²) in [5.74, 6) is -1.26. The van der Waals surface area contributed by atoms with Crippen LogP contribution in [0.25, 0.3) is 0 Å². The first kappa shape index (κ1) is 27.6. The molecule has 4 aliphatic rings. The summed E-state index contributed by atoms with van der Waals surface area (Å²) in [5, 5.41) is 6.40. The number of hydrogen-bond acceptors (Lipinski definition) is 6. The molecule has 0 aliphatic carbocycles. The molecule has 210 valence electrons. The second-order valence-electron chi connectivity index (χ2n) is 11.5. The molecule has 4 atom stereocenters. The van der Waals surface area contributed by atoms with Crippen molar-refractivity contribution in [1.82, 2.24) is 20.4 Å². The van der Waals surface area contributed by atoms with Gasteiger partial charge in [-0.1, -0.05) is 68.2 Å². The van der Waals surface area contributed by atoms with E-state index in [2.05, 4.69) is 25.0 Å². The molecule has 2 fully saturated rings. The third kappa shape index (κ3) is 5.39. The van der Waals surface area contributed by atoms with Gasteiger partial charge in [-0.2, -0.15) is 10.1 Å². The number of hydroxylamine groups is 2. The molecule has 0 aromatic heterocycles. The molecule has 1 N–H and O–H groups in total. The van der Waals surface area contributed by atoms with E-state index in [9.17, 15) is 19.2 Å². The largest absolute Gasteiger partial charge is 0.448 e. The zero-order valence-electron chi connectivity index (χ0n) is 23.1. The minimum Gasteiger partial charge on any atom is -0.448 e. The van der Waals surface area contributed by atoms with E-state index >= 15 is 0 Å². The van der Waals surface area contributed by atoms with Gasteiger partial charge in [-0.25, -0.2) is 9.80 Å². The number of nitrogens with one attached hydrogen (secondary N) is 1. The van der Waals surface area contributed by atoms with Crippen LogP contribution in [-0.4, -0.2) is 77.9 Å². The van der Waals surface area contributed by atoms with Crippen molar-refractivity contribution in [3.05, 3.63) is 83.4 Å². The van der Waals surface area contributed by atoms with Crippen LogP contribution in [0, 0.1) is 0 Å². The summed E-state index contributed by atoms with van der Waals surface area (Å²) in [5.41, 5.74) is 1.92. The van der Waals surface area contributed by atoms with Gasteiger partial charge in [0.1, 0.15) is 18.2 Å². The van der Waals surface area contributed by atoms with E-state index in [0.717, 1.165) is 27.3 Å². The SMILES string of the molecule is CC1=C[C@H]2N(C(=O)c3ccccc3)O[C@H]1[C@@H]1[C@H](NC(=O)Cc3ccccc3)C(=O)N1N2C(=O)OCC[Si](C)(C)C. The fourth-order valence-electron chi connectivity index (χ4n) is 5.08. The van der Waals surface area contributed by atoms with Gasteiger partial charge >= 0.3 is 6.09 Å². The van der Waals surface area contributed by atoms with Crippen molar-refractivity contribution in [2.45, 2.75) is 63.4 Å². The maximum atomic E-state index is 13.6. The van der Waals surface area contributed by atoms with Crippen LogP contribution < -0.4 is 5.32 Å². The molecule has 11 heteroatoms. The Balaban J connectivity index is 1.44. The number of rotatable bonds is 7. The molecule has 4 aliphatic heterocycles. The smallest absolute Gasteiger partial charge is 0.431 e. The zero-order chi connectivity index (χ0) is 28.6. The third-order valence-corrected chi connectivity index (χ3v) is 8.95.